The van der Waals surface area contributed by atoms with Crippen molar-refractivity contribution in [3.63, 3.8) is 0 Å². The van der Waals surface area contributed by atoms with E-state index in [4.69, 9.17) is 4.42 Å². The van der Waals surface area contributed by atoms with Crippen LogP contribution in [0.4, 0.5) is 17.1 Å². The summed E-state index contributed by atoms with van der Waals surface area (Å²) in [5, 5.41) is 12.5. The van der Waals surface area contributed by atoms with Gasteiger partial charge < -0.3 is 30.6 Å². The Balaban J connectivity index is 1.38. The van der Waals surface area contributed by atoms with Gasteiger partial charge in [-0.25, -0.2) is 0 Å². The Morgan fingerprint density at radius 3 is 2.45 bits per heavy atom. The van der Waals surface area contributed by atoms with Gasteiger partial charge in [-0.15, -0.1) is 0 Å². The molecule has 3 amide bonds. The van der Waals surface area contributed by atoms with Crippen LogP contribution in [0.3, 0.4) is 0 Å². The van der Waals surface area contributed by atoms with E-state index in [0.717, 1.165) is 24.2 Å². The van der Waals surface area contributed by atoms with Gasteiger partial charge in [0.1, 0.15) is 0 Å². The summed E-state index contributed by atoms with van der Waals surface area (Å²) in [7, 11) is 0. The van der Waals surface area contributed by atoms with Gasteiger partial charge in [0.2, 0.25) is 5.91 Å². The van der Waals surface area contributed by atoms with Crippen molar-refractivity contribution in [1.82, 2.24) is 10.2 Å². The highest BCUT2D eigenvalue weighted by atomic mass is 79.9. The zero-order valence-corrected chi connectivity index (χ0v) is 22.9. The molecule has 0 aliphatic carbocycles. The zero-order valence-electron chi connectivity index (χ0n) is 21.3. The smallest absolute Gasteiger partial charge is 0.291 e. The summed E-state index contributed by atoms with van der Waals surface area (Å²) < 4.78 is 5.83. The fraction of sp³-hybridized carbons (Fsp3) is 0.321. The van der Waals surface area contributed by atoms with Crippen LogP contribution in [0, 0.1) is 6.92 Å². The lowest BCUT2D eigenvalue weighted by Gasteiger charge is -2.16. The molecule has 0 bridgehead atoms. The first kappa shape index (κ1) is 27.3. The van der Waals surface area contributed by atoms with E-state index in [-0.39, 0.29) is 17.6 Å². The molecule has 3 aromatic rings. The van der Waals surface area contributed by atoms with Crippen LogP contribution in [0.15, 0.2) is 63.7 Å². The first-order chi connectivity index (χ1) is 18.4. The predicted octanol–water partition coefficient (Wildman–Crippen LogP) is 4.87. The molecule has 1 saturated heterocycles. The molecule has 9 nitrogen and oxygen atoms in total. The van der Waals surface area contributed by atoms with Gasteiger partial charge in [0.25, 0.3) is 11.8 Å². The molecule has 38 heavy (non-hydrogen) atoms. The fourth-order valence-corrected chi connectivity index (χ4v) is 4.55. The number of amides is 3. The number of aryl methyl sites for hydroxylation is 1. The van der Waals surface area contributed by atoms with E-state index in [1.165, 1.54) is 0 Å². The standard InChI is InChI=1S/C28H32BrN5O4/c1-19-6-2-3-7-21(19)30-14-15-31-22-10-9-20(18-23(22)33-28(37)24-11-12-25(29)38-24)27(36)32-13-5-17-34-16-4-8-26(34)35/h2-3,6-7,9-12,18,30-31H,4-5,8,13-17H2,1H3,(H,32,36)(H,33,37). The third-order valence-electron chi connectivity index (χ3n) is 6.29. The Morgan fingerprint density at radius 2 is 1.74 bits per heavy atom. The maximum Gasteiger partial charge on any atom is 0.291 e. The average Bonchev–Trinajstić information content (AvgIpc) is 3.53. The molecular formula is C28H32BrN5O4. The summed E-state index contributed by atoms with van der Waals surface area (Å²) in [5.41, 5.74) is 3.79. The Bertz CT molecular complexity index is 1290. The van der Waals surface area contributed by atoms with E-state index in [1.54, 1.807) is 30.3 Å². The van der Waals surface area contributed by atoms with Gasteiger partial charge >= 0.3 is 0 Å². The third-order valence-corrected chi connectivity index (χ3v) is 6.72. The van der Waals surface area contributed by atoms with E-state index < -0.39 is 5.91 Å². The summed E-state index contributed by atoms with van der Waals surface area (Å²) in [4.78, 5) is 39.2. The molecule has 10 heteroatoms. The minimum absolute atomic E-state index is 0.148. The van der Waals surface area contributed by atoms with Crippen molar-refractivity contribution in [2.24, 2.45) is 0 Å². The molecule has 2 aromatic carbocycles. The monoisotopic (exact) mass is 581 g/mol. The molecule has 0 spiro atoms. The molecule has 0 atom stereocenters. The van der Waals surface area contributed by atoms with Crippen LogP contribution in [0.1, 0.15) is 45.7 Å². The van der Waals surface area contributed by atoms with Crippen molar-refractivity contribution in [2.45, 2.75) is 26.2 Å². The molecule has 4 rings (SSSR count). The van der Waals surface area contributed by atoms with Crippen molar-refractivity contribution in [3.8, 4) is 0 Å². The number of rotatable bonds is 12. The number of anilines is 3. The molecule has 2 heterocycles. The van der Waals surface area contributed by atoms with Crippen LogP contribution in [-0.2, 0) is 4.79 Å². The molecule has 200 valence electrons. The van der Waals surface area contributed by atoms with Crippen LogP contribution >= 0.6 is 15.9 Å². The lowest BCUT2D eigenvalue weighted by atomic mass is 10.1. The zero-order chi connectivity index (χ0) is 26.9. The van der Waals surface area contributed by atoms with Gasteiger partial charge in [0, 0.05) is 50.4 Å². The summed E-state index contributed by atoms with van der Waals surface area (Å²) in [6.07, 6.45) is 2.19. The number of para-hydroxylation sites is 1. The molecular weight excluding hydrogens is 550 g/mol. The molecule has 1 fully saturated rings. The topological polar surface area (TPSA) is 116 Å². The maximum atomic E-state index is 12.8. The van der Waals surface area contributed by atoms with Crippen LogP contribution in [0.2, 0.25) is 0 Å². The van der Waals surface area contributed by atoms with Crippen molar-refractivity contribution < 1.29 is 18.8 Å². The van der Waals surface area contributed by atoms with Crippen molar-refractivity contribution in [3.05, 3.63) is 76.2 Å². The van der Waals surface area contributed by atoms with Crippen LogP contribution in [-0.4, -0.2) is 55.3 Å². The largest absolute Gasteiger partial charge is 0.444 e. The Labute approximate surface area is 230 Å². The summed E-state index contributed by atoms with van der Waals surface area (Å²) >= 11 is 3.21. The van der Waals surface area contributed by atoms with Gasteiger partial charge in [-0.1, -0.05) is 18.2 Å². The Kier molecular flexibility index (Phi) is 9.42. The first-order valence-corrected chi connectivity index (χ1v) is 13.5. The molecule has 0 saturated carbocycles. The number of hydrogen-bond donors (Lipinski definition) is 4. The van der Waals surface area contributed by atoms with E-state index >= 15 is 0 Å². The summed E-state index contributed by atoms with van der Waals surface area (Å²) in [5.74, 6) is -0.348. The lowest BCUT2D eigenvalue weighted by molar-refractivity contribution is -0.127. The molecule has 0 unspecified atom stereocenters. The second-order valence-corrected chi connectivity index (χ2v) is 9.86. The molecule has 1 aliphatic heterocycles. The number of benzene rings is 2. The number of carbonyl (C=O) groups is 3. The maximum absolute atomic E-state index is 12.8. The van der Waals surface area contributed by atoms with Gasteiger partial charge in [-0.3, -0.25) is 14.4 Å². The van der Waals surface area contributed by atoms with Crippen molar-refractivity contribution >= 4 is 50.7 Å². The number of nitrogens with one attached hydrogen (secondary N) is 4. The minimum atomic E-state index is -0.426. The van der Waals surface area contributed by atoms with Crippen LogP contribution in [0.5, 0.6) is 0 Å². The highest BCUT2D eigenvalue weighted by Gasteiger charge is 2.19. The number of nitrogens with zero attached hydrogens (tertiary/aromatic N) is 1. The quantitative estimate of drug-likeness (QED) is 0.227. The molecule has 1 aliphatic rings. The first-order valence-electron chi connectivity index (χ1n) is 12.7. The predicted molar refractivity (Wildman–Crippen MR) is 152 cm³/mol. The normalized spacial score (nSPS) is 12.9. The second-order valence-electron chi connectivity index (χ2n) is 9.08. The Morgan fingerprint density at radius 1 is 0.947 bits per heavy atom. The Hall–Kier alpha value is -3.79. The molecule has 1 aromatic heterocycles. The van der Waals surface area contributed by atoms with E-state index in [9.17, 15) is 14.4 Å². The van der Waals surface area contributed by atoms with Gasteiger partial charge in [-0.05, 0) is 77.7 Å². The second kappa shape index (κ2) is 13.1. The van der Waals surface area contributed by atoms with Crippen molar-refractivity contribution in [2.75, 3.05) is 48.7 Å². The molecule has 0 radical (unpaired) electrons. The third kappa shape index (κ3) is 7.38. The number of furan rings is 1. The van der Waals surface area contributed by atoms with Gasteiger partial charge in [-0.2, -0.15) is 0 Å². The lowest BCUT2D eigenvalue weighted by Crippen LogP contribution is -2.30. The van der Waals surface area contributed by atoms with E-state index in [1.807, 2.05) is 36.1 Å². The van der Waals surface area contributed by atoms with Gasteiger partial charge in [0.05, 0.1) is 11.4 Å². The van der Waals surface area contributed by atoms with Gasteiger partial charge in [0.15, 0.2) is 10.4 Å². The number of likely N-dealkylation sites (tertiary alicyclic amines) is 1. The highest BCUT2D eigenvalue weighted by Crippen LogP contribution is 2.25. The SMILES string of the molecule is Cc1ccccc1NCCNc1ccc(C(=O)NCCCN2CCCC2=O)cc1NC(=O)c1ccc(Br)o1. The number of halogens is 1. The minimum Gasteiger partial charge on any atom is -0.444 e. The average molecular weight is 582 g/mol. The molecule has 4 N–H and O–H groups in total. The highest BCUT2D eigenvalue weighted by molar-refractivity contribution is 9.10. The van der Waals surface area contributed by atoms with Crippen LogP contribution < -0.4 is 21.3 Å². The summed E-state index contributed by atoms with van der Waals surface area (Å²) in [6.45, 7) is 5.17. The van der Waals surface area contributed by atoms with Crippen molar-refractivity contribution in [1.29, 1.82) is 0 Å². The fourth-order valence-electron chi connectivity index (χ4n) is 4.24. The van der Waals surface area contributed by atoms with Crippen LogP contribution in [0.25, 0.3) is 0 Å². The summed E-state index contributed by atoms with van der Waals surface area (Å²) in [6, 6.07) is 16.4. The van der Waals surface area contributed by atoms with E-state index in [2.05, 4.69) is 37.2 Å². The van der Waals surface area contributed by atoms with E-state index in [0.29, 0.717) is 60.6 Å². The number of hydrogen-bond acceptors (Lipinski definition) is 6. The number of carbonyl (C=O) groups excluding carboxylic acids is 3.